The number of aliphatic imine (C=N–C) groups is 1. The third-order valence-electron chi connectivity index (χ3n) is 6.02. The third kappa shape index (κ3) is 5.61. The van der Waals surface area contributed by atoms with Crippen LogP contribution in [0.3, 0.4) is 0 Å². The fourth-order valence-corrected chi connectivity index (χ4v) is 5.18. The number of hydrogen-bond donors (Lipinski definition) is 2. The lowest BCUT2D eigenvalue weighted by Crippen LogP contribution is -2.50. The minimum Gasteiger partial charge on any atom is -0.463 e. The number of esters is 1. The summed E-state index contributed by atoms with van der Waals surface area (Å²) in [5.41, 5.74) is 0.0560. The Balaban J connectivity index is 1.69. The van der Waals surface area contributed by atoms with E-state index in [1.807, 2.05) is 0 Å². The molecule has 0 radical (unpaired) electrons. The molecule has 204 valence electrons. The van der Waals surface area contributed by atoms with E-state index < -0.39 is 36.0 Å². The van der Waals surface area contributed by atoms with Crippen molar-refractivity contribution in [2.75, 3.05) is 13.2 Å². The fraction of sp³-hybridized carbons (Fsp3) is 0.292. The highest BCUT2D eigenvalue weighted by Gasteiger charge is 2.44. The summed E-state index contributed by atoms with van der Waals surface area (Å²) in [5.74, 6) is -0.811. The summed E-state index contributed by atoms with van der Waals surface area (Å²) in [6.07, 6.45) is 1.97. The van der Waals surface area contributed by atoms with Crippen molar-refractivity contribution in [1.82, 2.24) is 25.4 Å². The van der Waals surface area contributed by atoms with Crippen LogP contribution in [0.2, 0.25) is 5.02 Å². The number of benzene rings is 1. The number of carbonyl (C=O) groups excluding carboxylic acids is 2. The Bertz CT molecular complexity index is 1480. The maximum atomic E-state index is 14.0. The van der Waals surface area contributed by atoms with E-state index in [2.05, 4.69) is 20.7 Å². The largest absolute Gasteiger partial charge is 0.463 e. The number of amides is 1. The lowest BCUT2D eigenvalue weighted by molar-refractivity contribution is -0.143. The molecule has 0 bridgehead atoms. The van der Waals surface area contributed by atoms with Gasteiger partial charge in [-0.15, -0.1) is 11.3 Å². The predicted octanol–water partition coefficient (Wildman–Crippen LogP) is 4.46. The number of ether oxygens (including phenoxy) is 2. The summed E-state index contributed by atoms with van der Waals surface area (Å²) in [5, 5.41) is 12.3. The number of cyclic esters (lactones) is 1. The van der Waals surface area contributed by atoms with Gasteiger partial charge in [-0.1, -0.05) is 17.7 Å². The van der Waals surface area contributed by atoms with E-state index in [1.165, 1.54) is 36.5 Å². The van der Waals surface area contributed by atoms with Gasteiger partial charge in [-0.05, 0) is 18.2 Å². The van der Waals surface area contributed by atoms with Crippen molar-refractivity contribution in [3.63, 3.8) is 0 Å². The molecule has 0 unspecified atom stereocenters. The number of halogens is 4. The summed E-state index contributed by atoms with van der Waals surface area (Å²) >= 11 is 7.74. The standard InChI is InChI=1S/C24H20ClF3N6O4S/c1-12(35)37-10-24(11-38-23(36)32-24)9-17-18(16-4-6-34(33-16)22(27)28)19(14-3-2-13(26)8-15(14)25)31-20(30-17)21-29-5-7-39-21/h2-8,19,22H,9-11H2,1H3,(H,30,31)(H,32,36)/t19-,24+/m0/s1. The average Bonchev–Trinajstić information content (AvgIpc) is 3.65. The second kappa shape index (κ2) is 10.7. The van der Waals surface area contributed by atoms with Crippen molar-refractivity contribution in [1.29, 1.82) is 0 Å². The van der Waals surface area contributed by atoms with Crippen LogP contribution < -0.4 is 10.6 Å². The topological polar surface area (TPSA) is 120 Å². The molecule has 4 heterocycles. The molecule has 1 amide bonds. The fourth-order valence-electron chi connectivity index (χ4n) is 4.32. The van der Waals surface area contributed by atoms with Crippen molar-refractivity contribution in [2.45, 2.75) is 31.5 Å². The Morgan fingerprint density at radius 2 is 2.21 bits per heavy atom. The highest BCUT2D eigenvalue weighted by molar-refractivity contribution is 7.11. The molecule has 3 aromatic rings. The van der Waals surface area contributed by atoms with Crippen LogP contribution in [0, 0.1) is 5.82 Å². The van der Waals surface area contributed by atoms with Crippen LogP contribution >= 0.6 is 22.9 Å². The quantitative estimate of drug-likeness (QED) is 0.378. The number of hydrogen-bond acceptors (Lipinski definition) is 9. The monoisotopic (exact) mass is 580 g/mol. The van der Waals surface area contributed by atoms with E-state index >= 15 is 0 Å². The molecule has 0 saturated carbocycles. The van der Waals surface area contributed by atoms with E-state index in [0.29, 0.717) is 32.4 Å². The van der Waals surface area contributed by atoms with Gasteiger partial charge >= 0.3 is 18.6 Å². The van der Waals surface area contributed by atoms with Crippen molar-refractivity contribution >= 4 is 46.4 Å². The van der Waals surface area contributed by atoms with Crippen molar-refractivity contribution < 1.29 is 32.2 Å². The smallest absolute Gasteiger partial charge is 0.407 e. The molecular weight excluding hydrogens is 561 g/mol. The van der Waals surface area contributed by atoms with Crippen LogP contribution in [0.25, 0.3) is 5.57 Å². The van der Waals surface area contributed by atoms with Gasteiger partial charge in [0.05, 0.1) is 5.69 Å². The first-order chi connectivity index (χ1) is 18.6. The van der Waals surface area contributed by atoms with Crippen LogP contribution in [0.4, 0.5) is 18.0 Å². The molecular formula is C24H20ClF3N6O4S. The molecule has 0 spiro atoms. The van der Waals surface area contributed by atoms with Crippen LogP contribution in [-0.2, 0) is 14.3 Å². The SMILES string of the molecule is CC(=O)OC[C@]1(CC2=C(c3ccn(C(F)F)n3)[C@H](c3ccc(F)cc3Cl)N=C(c3nccs3)N2)COC(=O)N1. The molecule has 2 aliphatic rings. The van der Waals surface area contributed by atoms with Gasteiger partial charge in [-0.2, -0.15) is 13.9 Å². The molecule has 2 aliphatic heterocycles. The maximum absolute atomic E-state index is 14.0. The zero-order valence-electron chi connectivity index (χ0n) is 20.2. The Hall–Kier alpha value is -3.91. The van der Waals surface area contributed by atoms with E-state index in [1.54, 1.807) is 11.6 Å². The molecule has 2 N–H and O–H groups in total. The van der Waals surface area contributed by atoms with Gasteiger partial charge in [0.2, 0.25) is 0 Å². The molecule has 2 aromatic heterocycles. The number of alkyl halides is 2. The van der Waals surface area contributed by atoms with Crippen molar-refractivity contribution in [3.8, 4) is 0 Å². The summed E-state index contributed by atoms with van der Waals surface area (Å²) in [7, 11) is 0. The second-order valence-corrected chi connectivity index (χ2v) is 10.1. The summed E-state index contributed by atoms with van der Waals surface area (Å²) < 4.78 is 51.8. The number of alkyl carbamates (subject to hydrolysis) is 1. The Kier molecular flexibility index (Phi) is 7.32. The van der Waals surface area contributed by atoms with Crippen molar-refractivity contribution in [3.05, 3.63) is 74.8 Å². The van der Waals surface area contributed by atoms with E-state index in [9.17, 15) is 22.8 Å². The Morgan fingerprint density at radius 1 is 1.38 bits per heavy atom. The lowest BCUT2D eigenvalue weighted by Gasteiger charge is -2.33. The first kappa shape index (κ1) is 26.7. The lowest BCUT2D eigenvalue weighted by atomic mass is 9.87. The first-order valence-electron chi connectivity index (χ1n) is 11.5. The molecule has 1 fully saturated rings. The zero-order chi connectivity index (χ0) is 27.7. The first-order valence-corrected chi connectivity index (χ1v) is 12.7. The Labute approximate surface area is 228 Å². The van der Waals surface area contributed by atoms with E-state index in [4.69, 9.17) is 26.1 Å². The molecule has 39 heavy (non-hydrogen) atoms. The van der Waals surface area contributed by atoms with Gasteiger partial charge in [0.15, 0.2) is 10.8 Å². The normalized spacial score (nSPS) is 20.9. The molecule has 1 saturated heterocycles. The van der Waals surface area contributed by atoms with Gasteiger partial charge < -0.3 is 20.1 Å². The zero-order valence-corrected chi connectivity index (χ0v) is 21.7. The summed E-state index contributed by atoms with van der Waals surface area (Å²) in [4.78, 5) is 32.8. The maximum Gasteiger partial charge on any atom is 0.407 e. The second-order valence-electron chi connectivity index (χ2n) is 8.80. The highest BCUT2D eigenvalue weighted by atomic mass is 35.5. The third-order valence-corrected chi connectivity index (χ3v) is 7.12. The highest BCUT2D eigenvalue weighted by Crippen LogP contribution is 2.42. The minimum atomic E-state index is -2.90. The number of carbonyl (C=O) groups is 2. The van der Waals surface area contributed by atoms with Crippen LogP contribution in [0.5, 0.6) is 0 Å². The number of nitrogens with zero attached hydrogens (tertiary/aromatic N) is 4. The molecule has 10 nitrogen and oxygen atoms in total. The minimum absolute atomic E-state index is 0.0113. The Morgan fingerprint density at radius 3 is 2.82 bits per heavy atom. The van der Waals surface area contributed by atoms with Gasteiger partial charge in [-0.25, -0.2) is 18.9 Å². The number of aromatic nitrogens is 3. The average molecular weight is 581 g/mol. The number of nitrogens with one attached hydrogen (secondary N) is 2. The summed E-state index contributed by atoms with van der Waals surface area (Å²) in [6, 6.07) is 4.25. The summed E-state index contributed by atoms with van der Waals surface area (Å²) in [6.45, 7) is -2.05. The van der Waals surface area contributed by atoms with Gasteiger partial charge in [0, 0.05) is 53.0 Å². The van der Waals surface area contributed by atoms with E-state index in [0.717, 1.165) is 12.3 Å². The van der Waals surface area contributed by atoms with Crippen LogP contribution in [0.15, 0.2) is 52.7 Å². The number of amidine groups is 1. The van der Waals surface area contributed by atoms with E-state index in [-0.39, 0.29) is 30.4 Å². The van der Waals surface area contributed by atoms with Crippen LogP contribution in [0.1, 0.15) is 42.2 Å². The molecule has 1 aromatic carbocycles. The number of thiazole rings is 1. The molecule has 5 rings (SSSR count). The number of rotatable bonds is 8. The van der Waals surface area contributed by atoms with Gasteiger partial charge in [0.25, 0.3) is 0 Å². The molecule has 15 heteroatoms. The predicted molar refractivity (Wildman–Crippen MR) is 135 cm³/mol. The van der Waals surface area contributed by atoms with Gasteiger partial charge in [-0.3, -0.25) is 9.79 Å². The molecule has 0 aliphatic carbocycles. The van der Waals surface area contributed by atoms with Gasteiger partial charge in [0.1, 0.15) is 30.6 Å². The van der Waals surface area contributed by atoms with Crippen LogP contribution in [-0.4, -0.2) is 51.4 Å². The van der Waals surface area contributed by atoms with Crippen molar-refractivity contribution in [2.24, 2.45) is 4.99 Å². The molecule has 2 atom stereocenters.